The number of hydrogen-bond donors (Lipinski definition) is 2. The van der Waals surface area contributed by atoms with E-state index in [0.29, 0.717) is 12.1 Å². The van der Waals surface area contributed by atoms with Crippen molar-refractivity contribution in [2.45, 2.75) is 84.0 Å². The van der Waals surface area contributed by atoms with Crippen LogP contribution in [0.1, 0.15) is 60.3 Å². The molecule has 0 radical (unpaired) electrons. The normalized spacial score (nSPS) is 37.4. The fourth-order valence-electron chi connectivity index (χ4n) is 3.00. The molecule has 2 fully saturated rings. The van der Waals surface area contributed by atoms with E-state index in [2.05, 4.69) is 24.5 Å². The third kappa shape index (κ3) is 4.65. The predicted octanol–water partition coefficient (Wildman–Crippen LogP) is 3.07. The number of alkyl carbamates (subject to hydrolysis) is 1. The number of ether oxygens (including phenoxy) is 1. The zero-order valence-electron chi connectivity index (χ0n) is 13.5. The maximum atomic E-state index is 11.7. The third-order valence-corrected chi connectivity index (χ3v) is 4.54. The van der Waals surface area contributed by atoms with Crippen molar-refractivity contribution >= 4 is 6.09 Å². The van der Waals surface area contributed by atoms with Gasteiger partial charge in [0.05, 0.1) is 0 Å². The summed E-state index contributed by atoms with van der Waals surface area (Å²) < 4.78 is 5.28. The fraction of sp³-hybridized carbons (Fsp3) is 0.938. The molecule has 0 spiro atoms. The molecule has 4 heteroatoms. The van der Waals surface area contributed by atoms with Crippen LogP contribution in [0.15, 0.2) is 0 Å². The van der Waals surface area contributed by atoms with Gasteiger partial charge in [-0.25, -0.2) is 4.79 Å². The van der Waals surface area contributed by atoms with Crippen LogP contribution < -0.4 is 10.6 Å². The van der Waals surface area contributed by atoms with Gasteiger partial charge in [0.2, 0.25) is 0 Å². The van der Waals surface area contributed by atoms with Crippen molar-refractivity contribution in [3.05, 3.63) is 0 Å². The molecule has 116 valence electrons. The highest BCUT2D eigenvalue weighted by Gasteiger charge is 2.41. The van der Waals surface area contributed by atoms with Gasteiger partial charge in [-0.3, -0.25) is 0 Å². The number of amides is 1. The minimum atomic E-state index is -0.420. The first-order valence-electron chi connectivity index (χ1n) is 8.00. The van der Waals surface area contributed by atoms with Crippen molar-refractivity contribution in [3.8, 4) is 0 Å². The van der Waals surface area contributed by atoms with Crippen LogP contribution in [0.4, 0.5) is 4.79 Å². The molecule has 0 aromatic carbocycles. The lowest BCUT2D eigenvalue weighted by Gasteiger charge is -2.32. The smallest absolute Gasteiger partial charge is 0.407 e. The van der Waals surface area contributed by atoms with Crippen molar-refractivity contribution in [1.82, 2.24) is 10.6 Å². The topological polar surface area (TPSA) is 50.4 Å². The van der Waals surface area contributed by atoms with Crippen LogP contribution in [-0.4, -0.2) is 29.8 Å². The summed E-state index contributed by atoms with van der Waals surface area (Å²) in [5.41, 5.74) is -0.420. The molecule has 2 aliphatic carbocycles. The highest BCUT2D eigenvalue weighted by Crippen LogP contribution is 2.32. The fourth-order valence-corrected chi connectivity index (χ4v) is 3.00. The maximum Gasteiger partial charge on any atom is 0.407 e. The van der Waals surface area contributed by atoms with Crippen molar-refractivity contribution in [1.29, 1.82) is 0 Å². The molecule has 1 amide bonds. The number of rotatable bonds is 3. The molecule has 0 bridgehead atoms. The van der Waals surface area contributed by atoms with Crippen LogP contribution in [-0.2, 0) is 4.74 Å². The molecular weight excluding hydrogens is 252 g/mol. The monoisotopic (exact) mass is 282 g/mol. The van der Waals surface area contributed by atoms with E-state index >= 15 is 0 Å². The number of nitrogens with one attached hydrogen (secondary N) is 2. The van der Waals surface area contributed by atoms with Crippen LogP contribution in [0, 0.1) is 11.8 Å². The molecule has 0 heterocycles. The Kier molecular flexibility index (Phi) is 4.62. The van der Waals surface area contributed by atoms with E-state index in [4.69, 9.17) is 4.74 Å². The SMILES string of the molecule is CC1CCC(NC2CC2NC(=O)OC(C)(C)C)CC1C. The molecule has 0 aromatic rings. The number of hydrogen-bond acceptors (Lipinski definition) is 3. The number of carbonyl (C=O) groups excluding carboxylic acids is 1. The van der Waals surface area contributed by atoms with Crippen molar-refractivity contribution in [3.63, 3.8) is 0 Å². The maximum absolute atomic E-state index is 11.7. The van der Waals surface area contributed by atoms with E-state index in [1.54, 1.807) is 0 Å². The predicted molar refractivity (Wildman–Crippen MR) is 80.7 cm³/mol. The highest BCUT2D eigenvalue weighted by molar-refractivity contribution is 5.68. The summed E-state index contributed by atoms with van der Waals surface area (Å²) in [4.78, 5) is 11.7. The lowest BCUT2D eigenvalue weighted by atomic mass is 9.79. The summed E-state index contributed by atoms with van der Waals surface area (Å²) in [6.07, 6.45) is 4.57. The summed E-state index contributed by atoms with van der Waals surface area (Å²) in [5, 5.41) is 6.64. The first-order valence-corrected chi connectivity index (χ1v) is 8.00. The van der Waals surface area contributed by atoms with E-state index in [1.165, 1.54) is 19.3 Å². The van der Waals surface area contributed by atoms with E-state index in [0.717, 1.165) is 18.3 Å². The van der Waals surface area contributed by atoms with Gasteiger partial charge < -0.3 is 15.4 Å². The van der Waals surface area contributed by atoms with Crippen LogP contribution in [0.25, 0.3) is 0 Å². The second-order valence-electron chi connectivity index (χ2n) is 7.73. The quantitative estimate of drug-likeness (QED) is 0.836. The van der Waals surface area contributed by atoms with Gasteiger partial charge >= 0.3 is 6.09 Å². The molecule has 2 rings (SSSR count). The molecule has 20 heavy (non-hydrogen) atoms. The summed E-state index contributed by atoms with van der Waals surface area (Å²) in [6.45, 7) is 10.4. The second kappa shape index (κ2) is 5.92. The lowest BCUT2D eigenvalue weighted by molar-refractivity contribution is 0.0521. The molecule has 4 nitrogen and oxygen atoms in total. The molecule has 2 N–H and O–H groups in total. The van der Waals surface area contributed by atoms with Gasteiger partial charge in [-0.2, -0.15) is 0 Å². The van der Waals surface area contributed by atoms with Crippen LogP contribution >= 0.6 is 0 Å². The van der Waals surface area contributed by atoms with E-state index in [9.17, 15) is 4.79 Å². The summed E-state index contributed by atoms with van der Waals surface area (Å²) >= 11 is 0. The van der Waals surface area contributed by atoms with Crippen LogP contribution in [0.2, 0.25) is 0 Å². The molecule has 0 aromatic heterocycles. The average molecular weight is 282 g/mol. The molecular formula is C16H30N2O2. The Hall–Kier alpha value is -0.770. The van der Waals surface area contributed by atoms with E-state index in [-0.39, 0.29) is 12.1 Å². The van der Waals surface area contributed by atoms with Gasteiger partial charge in [-0.1, -0.05) is 13.8 Å². The minimum absolute atomic E-state index is 0.250. The zero-order valence-corrected chi connectivity index (χ0v) is 13.5. The third-order valence-electron chi connectivity index (χ3n) is 4.54. The van der Waals surface area contributed by atoms with Crippen molar-refractivity contribution < 1.29 is 9.53 Å². The Labute approximate surface area is 123 Å². The van der Waals surface area contributed by atoms with Gasteiger partial charge in [0.25, 0.3) is 0 Å². The van der Waals surface area contributed by atoms with Gasteiger partial charge in [0.1, 0.15) is 5.60 Å². The van der Waals surface area contributed by atoms with Gasteiger partial charge in [-0.15, -0.1) is 0 Å². The molecule has 5 unspecified atom stereocenters. The van der Waals surface area contributed by atoms with Gasteiger partial charge in [-0.05, 0) is 58.3 Å². The Bertz CT molecular complexity index is 351. The standard InChI is InChI=1S/C16H30N2O2/c1-10-6-7-12(8-11(10)2)17-13-9-14(13)18-15(19)20-16(3,4)5/h10-14,17H,6-9H2,1-5H3,(H,18,19). The van der Waals surface area contributed by atoms with Gasteiger partial charge in [0, 0.05) is 18.1 Å². The number of carbonyl (C=O) groups is 1. The summed E-state index contributed by atoms with van der Waals surface area (Å²) in [7, 11) is 0. The molecule has 0 saturated heterocycles. The summed E-state index contributed by atoms with van der Waals surface area (Å²) in [6, 6.07) is 1.31. The van der Waals surface area contributed by atoms with Crippen molar-refractivity contribution in [2.24, 2.45) is 11.8 Å². The van der Waals surface area contributed by atoms with Crippen LogP contribution in [0.5, 0.6) is 0 Å². The molecule has 2 aliphatic rings. The highest BCUT2D eigenvalue weighted by atomic mass is 16.6. The molecule has 0 aliphatic heterocycles. The first-order chi connectivity index (χ1) is 9.24. The zero-order chi connectivity index (χ0) is 14.9. The summed E-state index contributed by atoms with van der Waals surface area (Å²) in [5.74, 6) is 1.65. The lowest BCUT2D eigenvalue weighted by Crippen LogP contribution is -2.41. The molecule has 5 atom stereocenters. The average Bonchev–Trinajstić information content (AvgIpc) is 2.99. The van der Waals surface area contributed by atoms with Crippen molar-refractivity contribution in [2.75, 3.05) is 0 Å². The minimum Gasteiger partial charge on any atom is -0.444 e. The Balaban J connectivity index is 1.67. The first kappa shape index (κ1) is 15.6. The van der Waals surface area contributed by atoms with E-state index < -0.39 is 5.60 Å². The van der Waals surface area contributed by atoms with E-state index in [1.807, 2.05) is 20.8 Å². The van der Waals surface area contributed by atoms with Crippen LogP contribution in [0.3, 0.4) is 0 Å². The molecule has 2 saturated carbocycles. The second-order valence-corrected chi connectivity index (χ2v) is 7.73. The Morgan fingerprint density at radius 2 is 1.75 bits per heavy atom. The largest absolute Gasteiger partial charge is 0.444 e. The Morgan fingerprint density at radius 1 is 1.05 bits per heavy atom. The Morgan fingerprint density at radius 3 is 2.35 bits per heavy atom. The van der Waals surface area contributed by atoms with Gasteiger partial charge in [0.15, 0.2) is 0 Å².